The first-order valence-electron chi connectivity index (χ1n) is 8.24. The second kappa shape index (κ2) is 7.30. The third-order valence-electron chi connectivity index (χ3n) is 3.95. The SMILES string of the molecule is Cc1cc(=O)[nH]c(CCNC(=O)Cn2nc(C)c3ccccc3c2=O)n1. The van der Waals surface area contributed by atoms with Crippen molar-refractivity contribution in [3.8, 4) is 0 Å². The van der Waals surface area contributed by atoms with E-state index in [1.165, 1.54) is 10.7 Å². The van der Waals surface area contributed by atoms with Crippen molar-refractivity contribution in [3.05, 3.63) is 68.3 Å². The van der Waals surface area contributed by atoms with E-state index >= 15 is 0 Å². The number of nitrogens with one attached hydrogen (secondary N) is 2. The summed E-state index contributed by atoms with van der Waals surface area (Å²) in [4.78, 5) is 42.8. The Hall–Kier alpha value is -3.29. The summed E-state index contributed by atoms with van der Waals surface area (Å²) in [7, 11) is 0. The largest absolute Gasteiger partial charge is 0.354 e. The Kier molecular flexibility index (Phi) is 4.92. The standard InChI is InChI=1S/C18H19N5O3/c1-11-9-16(24)21-15(20-11)7-8-19-17(25)10-23-18(26)14-6-4-3-5-13(14)12(2)22-23/h3-6,9H,7-8,10H2,1-2H3,(H,19,25)(H,20,21,24). The van der Waals surface area contributed by atoms with Gasteiger partial charge in [0.25, 0.3) is 11.1 Å². The number of carbonyl (C=O) groups excluding carboxylic acids is 1. The van der Waals surface area contributed by atoms with Crippen LogP contribution in [-0.4, -0.2) is 32.2 Å². The molecule has 3 rings (SSSR count). The second-order valence-corrected chi connectivity index (χ2v) is 6.03. The van der Waals surface area contributed by atoms with E-state index in [-0.39, 0.29) is 23.6 Å². The normalized spacial score (nSPS) is 10.8. The molecule has 0 aliphatic rings. The minimum atomic E-state index is -0.329. The maximum absolute atomic E-state index is 12.5. The van der Waals surface area contributed by atoms with Gasteiger partial charge in [0.2, 0.25) is 5.91 Å². The molecule has 0 bridgehead atoms. The van der Waals surface area contributed by atoms with Crippen LogP contribution in [0.2, 0.25) is 0 Å². The molecule has 0 unspecified atom stereocenters. The van der Waals surface area contributed by atoms with Crippen LogP contribution in [0.3, 0.4) is 0 Å². The Morgan fingerprint density at radius 1 is 1.19 bits per heavy atom. The Morgan fingerprint density at radius 3 is 2.65 bits per heavy atom. The molecule has 2 N–H and O–H groups in total. The zero-order valence-electron chi connectivity index (χ0n) is 14.6. The number of benzene rings is 1. The summed E-state index contributed by atoms with van der Waals surface area (Å²) in [6.45, 7) is 3.67. The van der Waals surface area contributed by atoms with Gasteiger partial charge in [-0.05, 0) is 19.9 Å². The first kappa shape index (κ1) is 17.5. The summed E-state index contributed by atoms with van der Waals surface area (Å²) < 4.78 is 1.17. The van der Waals surface area contributed by atoms with E-state index in [0.717, 1.165) is 5.39 Å². The number of aryl methyl sites for hydroxylation is 2. The minimum Gasteiger partial charge on any atom is -0.354 e. The molecular weight excluding hydrogens is 334 g/mol. The topological polar surface area (TPSA) is 110 Å². The van der Waals surface area contributed by atoms with Gasteiger partial charge in [0.1, 0.15) is 12.4 Å². The van der Waals surface area contributed by atoms with Gasteiger partial charge in [0, 0.05) is 30.1 Å². The molecule has 3 aromatic rings. The van der Waals surface area contributed by atoms with Gasteiger partial charge in [-0.1, -0.05) is 18.2 Å². The number of aromatic nitrogens is 4. The Morgan fingerprint density at radius 2 is 1.92 bits per heavy atom. The van der Waals surface area contributed by atoms with E-state index in [2.05, 4.69) is 20.4 Å². The smallest absolute Gasteiger partial charge is 0.275 e. The van der Waals surface area contributed by atoms with Crippen LogP contribution < -0.4 is 16.4 Å². The average molecular weight is 353 g/mol. The zero-order chi connectivity index (χ0) is 18.7. The van der Waals surface area contributed by atoms with E-state index in [1.54, 1.807) is 26.0 Å². The van der Waals surface area contributed by atoms with E-state index in [9.17, 15) is 14.4 Å². The van der Waals surface area contributed by atoms with Crippen molar-refractivity contribution in [2.45, 2.75) is 26.8 Å². The fourth-order valence-electron chi connectivity index (χ4n) is 2.78. The molecule has 0 radical (unpaired) electrons. The zero-order valence-corrected chi connectivity index (χ0v) is 14.6. The molecule has 0 spiro atoms. The predicted octanol–water partition coefficient (Wildman–Crippen LogP) is 0.456. The fourth-order valence-corrected chi connectivity index (χ4v) is 2.78. The van der Waals surface area contributed by atoms with Crippen LogP contribution in [0.4, 0.5) is 0 Å². The van der Waals surface area contributed by atoms with Gasteiger partial charge in [-0.2, -0.15) is 5.10 Å². The van der Waals surface area contributed by atoms with Gasteiger partial charge in [0.15, 0.2) is 0 Å². The average Bonchev–Trinajstić information content (AvgIpc) is 2.58. The quantitative estimate of drug-likeness (QED) is 0.692. The van der Waals surface area contributed by atoms with Crippen LogP contribution in [0, 0.1) is 13.8 Å². The highest BCUT2D eigenvalue weighted by atomic mass is 16.2. The van der Waals surface area contributed by atoms with Crippen LogP contribution in [0.5, 0.6) is 0 Å². The van der Waals surface area contributed by atoms with Crippen molar-refractivity contribution < 1.29 is 4.79 Å². The Labute approximate surface area is 148 Å². The fraction of sp³-hybridized carbons (Fsp3) is 0.278. The van der Waals surface area contributed by atoms with Gasteiger partial charge < -0.3 is 10.3 Å². The van der Waals surface area contributed by atoms with Crippen molar-refractivity contribution in [1.82, 2.24) is 25.1 Å². The monoisotopic (exact) mass is 353 g/mol. The highest BCUT2D eigenvalue weighted by molar-refractivity contribution is 5.83. The van der Waals surface area contributed by atoms with E-state index in [4.69, 9.17) is 0 Å². The molecule has 8 nitrogen and oxygen atoms in total. The summed E-state index contributed by atoms with van der Waals surface area (Å²) >= 11 is 0. The molecule has 0 aliphatic carbocycles. The molecule has 2 aromatic heterocycles. The molecule has 0 aliphatic heterocycles. The maximum Gasteiger partial charge on any atom is 0.275 e. The number of nitrogens with zero attached hydrogens (tertiary/aromatic N) is 3. The molecule has 1 amide bonds. The third kappa shape index (κ3) is 3.85. The lowest BCUT2D eigenvalue weighted by Crippen LogP contribution is -2.35. The van der Waals surface area contributed by atoms with Gasteiger partial charge in [-0.15, -0.1) is 0 Å². The first-order valence-corrected chi connectivity index (χ1v) is 8.24. The number of amides is 1. The molecular formula is C18H19N5O3. The van der Waals surface area contributed by atoms with Gasteiger partial charge in [-0.25, -0.2) is 9.67 Å². The molecule has 0 fully saturated rings. The number of aromatic amines is 1. The summed E-state index contributed by atoms with van der Waals surface area (Å²) in [5.41, 5.74) is 0.791. The lowest BCUT2D eigenvalue weighted by atomic mass is 10.1. The van der Waals surface area contributed by atoms with E-state index in [0.29, 0.717) is 35.6 Å². The van der Waals surface area contributed by atoms with Crippen LogP contribution in [-0.2, 0) is 17.8 Å². The first-order chi connectivity index (χ1) is 12.4. The summed E-state index contributed by atoms with van der Waals surface area (Å²) in [6, 6.07) is 8.59. The van der Waals surface area contributed by atoms with E-state index < -0.39 is 0 Å². The number of H-pyrrole nitrogens is 1. The molecule has 0 saturated heterocycles. The number of hydrogen-bond acceptors (Lipinski definition) is 5. The molecule has 8 heteroatoms. The molecule has 26 heavy (non-hydrogen) atoms. The Balaban J connectivity index is 1.67. The second-order valence-electron chi connectivity index (χ2n) is 6.03. The molecule has 0 atom stereocenters. The Bertz CT molecular complexity index is 1080. The summed E-state index contributed by atoms with van der Waals surface area (Å²) in [5.74, 6) is 0.177. The van der Waals surface area contributed by atoms with Crippen molar-refractivity contribution >= 4 is 16.7 Å². The van der Waals surface area contributed by atoms with Crippen molar-refractivity contribution in [1.29, 1.82) is 0 Å². The van der Waals surface area contributed by atoms with Crippen molar-refractivity contribution in [2.24, 2.45) is 0 Å². The number of fused-ring (bicyclic) bond motifs is 1. The van der Waals surface area contributed by atoms with Gasteiger partial charge in [0.05, 0.1) is 11.1 Å². The molecule has 134 valence electrons. The number of rotatable bonds is 5. The van der Waals surface area contributed by atoms with Crippen LogP contribution in [0.15, 0.2) is 39.9 Å². The minimum absolute atomic E-state index is 0.164. The number of hydrogen-bond donors (Lipinski definition) is 2. The van der Waals surface area contributed by atoms with Crippen LogP contribution >= 0.6 is 0 Å². The predicted molar refractivity (Wildman–Crippen MR) is 97.0 cm³/mol. The van der Waals surface area contributed by atoms with Gasteiger partial charge >= 0.3 is 0 Å². The van der Waals surface area contributed by atoms with E-state index in [1.807, 2.05) is 12.1 Å². The van der Waals surface area contributed by atoms with Crippen molar-refractivity contribution in [2.75, 3.05) is 6.54 Å². The van der Waals surface area contributed by atoms with Crippen LogP contribution in [0.1, 0.15) is 17.2 Å². The lowest BCUT2D eigenvalue weighted by Gasteiger charge is -2.09. The summed E-state index contributed by atoms with van der Waals surface area (Å²) in [5, 5.41) is 8.24. The number of carbonyl (C=O) groups is 1. The maximum atomic E-state index is 12.5. The molecule has 2 heterocycles. The van der Waals surface area contributed by atoms with Crippen molar-refractivity contribution in [3.63, 3.8) is 0 Å². The highest BCUT2D eigenvalue weighted by Gasteiger charge is 2.10. The summed E-state index contributed by atoms with van der Waals surface area (Å²) in [6.07, 6.45) is 0.391. The highest BCUT2D eigenvalue weighted by Crippen LogP contribution is 2.11. The van der Waals surface area contributed by atoms with Crippen LogP contribution in [0.25, 0.3) is 10.8 Å². The van der Waals surface area contributed by atoms with Gasteiger partial charge in [-0.3, -0.25) is 14.4 Å². The third-order valence-corrected chi connectivity index (χ3v) is 3.95. The molecule has 1 aromatic carbocycles. The lowest BCUT2D eigenvalue weighted by molar-refractivity contribution is -0.121. The molecule has 0 saturated carbocycles.